The zero-order chi connectivity index (χ0) is 32.7. The predicted molar refractivity (Wildman–Crippen MR) is 183 cm³/mol. The average Bonchev–Trinajstić information content (AvgIpc) is 3.57. The Morgan fingerprint density at radius 3 is 2.09 bits per heavy atom. The molecule has 1 aliphatic carbocycles. The Labute approximate surface area is 281 Å². The maximum atomic E-state index is 14.6. The molecule has 240 valence electrons. The van der Waals surface area contributed by atoms with Crippen LogP contribution in [-0.2, 0) is 32.6 Å². The Morgan fingerprint density at radius 1 is 0.826 bits per heavy atom. The van der Waals surface area contributed by atoms with Crippen LogP contribution >= 0.6 is 23.2 Å². The molecule has 0 saturated heterocycles. The van der Waals surface area contributed by atoms with E-state index in [-0.39, 0.29) is 45.5 Å². The zero-order valence-electron chi connectivity index (χ0n) is 25.6. The molecular formula is C36H37Cl2N3O4S. The Bertz CT molecular complexity index is 1750. The summed E-state index contributed by atoms with van der Waals surface area (Å²) in [5, 5.41) is 3.59. The number of hydrogen-bond donors (Lipinski definition) is 1. The van der Waals surface area contributed by atoms with Crippen LogP contribution in [0.1, 0.15) is 42.4 Å². The highest BCUT2D eigenvalue weighted by atomic mass is 35.5. The van der Waals surface area contributed by atoms with Crippen molar-refractivity contribution in [2.24, 2.45) is 0 Å². The third-order valence-corrected chi connectivity index (χ3v) is 10.8. The number of nitrogens with one attached hydrogen (secondary N) is 1. The minimum atomic E-state index is -4.23. The van der Waals surface area contributed by atoms with Gasteiger partial charge in [0.1, 0.15) is 12.6 Å². The van der Waals surface area contributed by atoms with Crippen molar-refractivity contribution in [2.45, 2.75) is 62.6 Å². The van der Waals surface area contributed by atoms with Crippen molar-refractivity contribution in [1.82, 2.24) is 10.2 Å². The molecular weight excluding hydrogens is 641 g/mol. The summed E-state index contributed by atoms with van der Waals surface area (Å²) in [5.74, 6) is -0.795. The highest BCUT2D eigenvalue weighted by Gasteiger charge is 2.35. The molecule has 7 nitrogen and oxygen atoms in total. The molecule has 1 aliphatic rings. The number of carbonyl (C=O) groups is 2. The number of amides is 2. The van der Waals surface area contributed by atoms with Gasteiger partial charge in [-0.1, -0.05) is 114 Å². The van der Waals surface area contributed by atoms with Crippen molar-refractivity contribution in [2.75, 3.05) is 10.8 Å². The highest BCUT2D eigenvalue weighted by molar-refractivity contribution is 7.92. The van der Waals surface area contributed by atoms with E-state index in [4.69, 9.17) is 23.2 Å². The Kier molecular flexibility index (Phi) is 11.0. The minimum absolute atomic E-state index is 0.0127. The van der Waals surface area contributed by atoms with Gasteiger partial charge in [-0.3, -0.25) is 13.9 Å². The molecule has 1 fully saturated rings. The molecule has 0 aromatic heterocycles. The lowest BCUT2D eigenvalue weighted by Crippen LogP contribution is -2.54. The monoisotopic (exact) mass is 677 g/mol. The number of benzene rings is 4. The fraction of sp³-hybridized carbons (Fsp3) is 0.278. The largest absolute Gasteiger partial charge is 0.352 e. The van der Waals surface area contributed by atoms with Crippen LogP contribution in [0.2, 0.25) is 10.0 Å². The van der Waals surface area contributed by atoms with E-state index in [1.54, 1.807) is 18.2 Å². The second kappa shape index (κ2) is 15.2. The van der Waals surface area contributed by atoms with Crippen LogP contribution in [0.25, 0.3) is 0 Å². The summed E-state index contributed by atoms with van der Waals surface area (Å²) in [5.41, 5.74) is 2.93. The fourth-order valence-electron chi connectivity index (χ4n) is 5.70. The van der Waals surface area contributed by atoms with Crippen molar-refractivity contribution in [3.63, 3.8) is 0 Å². The van der Waals surface area contributed by atoms with Crippen molar-refractivity contribution in [3.8, 4) is 0 Å². The molecule has 0 aliphatic heterocycles. The van der Waals surface area contributed by atoms with Crippen LogP contribution in [0.3, 0.4) is 0 Å². The third-order valence-electron chi connectivity index (χ3n) is 8.25. The van der Waals surface area contributed by atoms with Gasteiger partial charge in [-0.05, 0) is 61.2 Å². The first-order valence-corrected chi connectivity index (χ1v) is 17.5. The molecule has 0 unspecified atom stereocenters. The van der Waals surface area contributed by atoms with Gasteiger partial charge >= 0.3 is 0 Å². The van der Waals surface area contributed by atoms with Crippen LogP contribution in [0.4, 0.5) is 5.69 Å². The second-order valence-electron chi connectivity index (χ2n) is 11.6. The number of nitrogens with zero attached hydrogens (tertiary/aromatic N) is 2. The number of aryl methyl sites for hydroxylation is 1. The van der Waals surface area contributed by atoms with Gasteiger partial charge in [0.2, 0.25) is 11.8 Å². The molecule has 1 atom stereocenters. The van der Waals surface area contributed by atoms with Gasteiger partial charge in [-0.25, -0.2) is 8.42 Å². The van der Waals surface area contributed by atoms with Gasteiger partial charge in [0.15, 0.2) is 0 Å². The number of anilines is 1. The number of sulfonamides is 1. The predicted octanol–water partition coefficient (Wildman–Crippen LogP) is 7.20. The van der Waals surface area contributed by atoms with E-state index < -0.39 is 28.5 Å². The molecule has 0 spiro atoms. The van der Waals surface area contributed by atoms with Crippen LogP contribution in [0.5, 0.6) is 0 Å². The number of halogens is 2. The summed E-state index contributed by atoms with van der Waals surface area (Å²) in [6, 6.07) is 28.7. The molecule has 0 bridgehead atoms. The minimum Gasteiger partial charge on any atom is -0.352 e. The first kappa shape index (κ1) is 33.5. The van der Waals surface area contributed by atoms with E-state index in [9.17, 15) is 18.0 Å². The fourth-order valence-corrected chi connectivity index (χ4v) is 7.42. The van der Waals surface area contributed by atoms with E-state index >= 15 is 0 Å². The molecule has 1 N–H and O–H groups in total. The highest BCUT2D eigenvalue weighted by Crippen LogP contribution is 2.31. The molecule has 1 saturated carbocycles. The Hall–Kier alpha value is -3.85. The molecule has 4 aromatic carbocycles. The summed E-state index contributed by atoms with van der Waals surface area (Å²) >= 11 is 12.5. The third kappa shape index (κ3) is 8.29. The van der Waals surface area contributed by atoms with Gasteiger partial charge in [0.25, 0.3) is 10.0 Å². The molecule has 2 amide bonds. The maximum Gasteiger partial charge on any atom is 0.264 e. The number of hydrogen-bond acceptors (Lipinski definition) is 4. The van der Waals surface area contributed by atoms with Gasteiger partial charge < -0.3 is 10.2 Å². The SMILES string of the molecule is Cc1ccc(CN(C(=O)CN(c2ccc(Cl)c(Cl)c2)S(=O)(=O)c2ccccc2)[C@H](Cc2ccccc2)C(=O)NC2CCCC2)cc1. The normalized spacial score (nSPS) is 14.1. The second-order valence-corrected chi connectivity index (χ2v) is 14.3. The van der Waals surface area contributed by atoms with Gasteiger partial charge in [-0.15, -0.1) is 0 Å². The van der Waals surface area contributed by atoms with E-state index in [1.165, 1.54) is 35.2 Å². The standard InChI is InChI=1S/C36H37Cl2N3O4S/c1-26-16-18-28(19-17-26)24-40(34(22-27-10-4-2-5-11-27)36(43)39-29-12-8-9-13-29)35(42)25-41(30-20-21-32(37)33(38)23-30)46(44,45)31-14-6-3-7-15-31/h2-7,10-11,14-21,23,29,34H,8-9,12-13,22,24-25H2,1H3,(H,39,43)/t34-/m1/s1. The van der Waals surface area contributed by atoms with Gasteiger partial charge in [-0.2, -0.15) is 0 Å². The lowest BCUT2D eigenvalue weighted by molar-refractivity contribution is -0.140. The first-order chi connectivity index (χ1) is 22.1. The van der Waals surface area contributed by atoms with Crippen molar-refractivity contribution < 1.29 is 18.0 Å². The summed E-state index contributed by atoms with van der Waals surface area (Å²) in [6.45, 7) is 1.52. The van der Waals surface area contributed by atoms with Gasteiger partial charge in [0, 0.05) is 19.0 Å². The molecule has 0 heterocycles. The summed E-state index contributed by atoms with van der Waals surface area (Å²) in [7, 11) is -4.23. The quantitative estimate of drug-likeness (QED) is 0.172. The maximum absolute atomic E-state index is 14.6. The van der Waals surface area contributed by atoms with Crippen LogP contribution < -0.4 is 9.62 Å². The van der Waals surface area contributed by atoms with Crippen molar-refractivity contribution in [3.05, 3.63) is 130 Å². The Morgan fingerprint density at radius 2 is 1.46 bits per heavy atom. The molecule has 0 radical (unpaired) electrons. The van der Waals surface area contributed by atoms with E-state index in [0.29, 0.717) is 0 Å². The van der Waals surface area contributed by atoms with E-state index in [0.717, 1.165) is 46.7 Å². The smallest absolute Gasteiger partial charge is 0.264 e. The van der Waals surface area contributed by atoms with Gasteiger partial charge in [0.05, 0.1) is 20.6 Å². The number of rotatable bonds is 12. The number of carbonyl (C=O) groups excluding carboxylic acids is 2. The molecule has 5 rings (SSSR count). The van der Waals surface area contributed by atoms with Crippen molar-refractivity contribution >= 4 is 50.7 Å². The zero-order valence-corrected chi connectivity index (χ0v) is 27.9. The lowest BCUT2D eigenvalue weighted by atomic mass is 10.0. The average molecular weight is 679 g/mol. The Balaban J connectivity index is 1.57. The molecule has 4 aromatic rings. The summed E-state index contributed by atoms with van der Waals surface area (Å²) < 4.78 is 29.2. The topological polar surface area (TPSA) is 86.8 Å². The van der Waals surface area contributed by atoms with E-state index in [2.05, 4.69) is 5.32 Å². The van der Waals surface area contributed by atoms with E-state index in [1.807, 2.05) is 61.5 Å². The summed E-state index contributed by atoms with van der Waals surface area (Å²) in [4.78, 5) is 30.2. The summed E-state index contributed by atoms with van der Waals surface area (Å²) in [6.07, 6.45) is 4.11. The van der Waals surface area contributed by atoms with Crippen LogP contribution in [-0.4, -0.2) is 43.8 Å². The van der Waals surface area contributed by atoms with Crippen LogP contribution in [0, 0.1) is 6.92 Å². The lowest BCUT2D eigenvalue weighted by Gasteiger charge is -2.34. The van der Waals surface area contributed by atoms with Crippen LogP contribution in [0.15, 0.2) is 108 Å². The molecule has 10 heteroatoms. The first-order valence-electron chi connectivity index (χ1n) is 15.3. The van der Waals surface area contributed by atoms with Crippen molar-refractivity contribution in [1.29, 1.82) is 0 Å². The molecule has 46 heavy (non-hydrogen) atoms.